The summed E-state index contributed by atoms with van der Waals surface area (Å²) in [5.74, 6) is 0.280. The molecule has 0 amide bonds. The van der Waals surface area contributed by atoms with E-state index in [9.17, 15) is 4.79 Å². The van der Waals surface area contributed by atoms with Crippen LogP contribution in [-0.4, -0.2) is 12.0 Å². The van der Waals surface area contributed by atoms with Gasteiger partial charge in [-0.2, -0.15) is 0 Å². The van der Waals surface area contributed by atoms with E-state index in [4.69, 9.17) is 4.74 Å². The second kappa shape index (κ2) is 5.50. The molecule has 88 valence electrons. The molecule has 0 aliphatic heterocycles. The molecule has 1 aromatic heterocycles. The minimum Gasteiger partial charge on any atom is -0.425 e. The van der Waals surface area contributed by atoms with Crippen molar-refractivity contribution in [3.05, 3.63) is 47.8 Å². The van der Waals surface area contributed by atoms with E-state index in [1.165, 1.54) is 0 Å². The molecular weight excluding hydrogens is 234 g/mol. The molecule has 0 saturated heterocycles. The fourth-order valence-corrected chi connectivity index (χ4v) is 2.03. The third kappa shape index (κ3) is 3.32. The number of carbonyl (C=O) groups is 1. The van der Waals surface area contributed by atoms with Crippen molar-refractivity contribution in [2.75, 3.05) is 5.32 Å². The van der Waals surface area contributed by atoms with Gasteiger partial charge in [0.1, 0.15) is 11.8 Å². The fourth-order valence-electron chi connectivity index (χ4n) is 1.33. The quantitative estimate of drug-likeness (QED) is 0.666. The third-order valence-electron chi connectivity index (χ3n) is 2.20. The second-order valence-corrected chi connectivity index (χ2v) is 4.53. The van der Waals surface area contributed by atoms with Gasteiger partial charge in [-0.25, -0.2) is 4.79 Å². The van der Waals surface area contributed by atoms with Crippen LogP contribution in [0, 0.1) is 0 Å². The average Bonchev–Trinajstić information content (AvgIpc) is 2.83. The number of hydrogen-bond donors (Lipinski definition) is 1. The number of anilines is 1. The van der Waals surface area contributed by atoms with E-state index in [0.29, 0.717) is 5.75 Å². The van der Waals surface area contributed by atoms with Gasteiger partial charge in [0, 0.05) is 0 Å². The number of rotatable bonds is 4. The second-order valence-electron chi connectivity index (χ2n) is 3.58. The molecule has 1 heterocycles. The van der Waals surface area contributed by atoms with Crippen LogP contribution >= 0.6 is 11.3 Å². The maximum atomic E-state index is 11.8. The highest BCUT2D eigenvalue weighted by molar-refractivity contribution is 7.14. The zero-order valence-corrected chi connectivity index (χ0v) is 10.2. The summed E-state index contributed by atoms with van der Waals surface area (Å²) in [5.41, 5.74) is 0. The lowest BCUT2D eigenvalue weighted by Gasteiger charge is -2.12. The Morgan fingerprint density at radius 2 is 2.00 bits per heavy atom. The maximum Gasteiger partial charge on any atom is 0.333 e. The van der Waals surface area contributed by atoms with Crippen LogP contribution in [0.2, 0.25) is 0 Å². The molecular formula is C13H13NO2S. The Hall–Kier alpha value is -1.81. The summed E-state index contributed by atoms with van der Waals surface area (Å²) in [6.45, 7) is 1.78. The summed E-state index contributed by atoms with van der Waals surface area (Å²) in [7, 11) is 0. The van der Waals surface area contributed by atoms with E-state index >= 15 is 0 Å². The van der Waals surface area contributed by atoms with Gasteiger partial charge < -0.3 is 10.1 Å². The normalized spacial score (nSPS) is 11.8. The lowest BCUT2D eigenvalue weighted by Crippen LogP contribution is -2.29. The van der Waals surface area contributed by atoms with Crippen molar-refractivity contribution in [2.45, 2.75) is 13.0 Å². The molecule has 0 spiro atoms. The zero-order valence-electron chi connectivity index (χ0n) is 9.42. The lowest BCUT2D eigenvalue weighted by molar-refractivity contribution is -0.134. The maximum absolute atomic E-state index is 11.8. The van der Waals surface area contributed by atoms with Gasteiger partial charge in [-0.05, 0) is 36.6 Å². The number of para-hydroxylation sites is 1. The molecule has 1 N–H and O–H groups in total. The SMILES string of the molecule is CC(Nc1cccs1)C(=O)Oc1ccccc1. The van der Waals surface area contributed by atoms with Gasteiger partial charge >= 0.3 is 5.97 Å². The molecule has 2 rings (SSSR count). The van der Waals surface area contributed by atoms with Crippen molar-refractivity contribution in [1.82, 2.24) is 0 Å². The smallest absolute Gasteiger partial charge is 0.333 e. The van der Waals surface area contributed by atoms with Crippen LogP contribution in [0.5, 0.6) is 5.75 Å². The van der Waals surface area contributed by atoms with Gasteiger partial charge in [0.15, 0.2) is 0 Å². The van der Waals surface area contributed by atoms with Gasteiger partial charge in [-0.3, -0.25) is 0 Å². The van der Waals surface area contributed by atoms with Crippen molar-refractivity contribution in [3.8, 4) is 5.75 Å². The number of thiophene rings is 1. The third-order valence-corrected chi connectivity index (χ3v) is 3.00. The molecule has 0 aliphatic carbocycles. The lowest BCUT2D eigenvalue weighted by atomic mass is 10.3. The first-order valence-corrected chi connectivity index (χ1v) is 6.20. The van der Waals surface area contributed by atoms with Crippen molar-refractivity contribution < 1.29 is 9.53 Å². The van der Waals surface area contributed by atoms with Gasteiger partial charge in [-0.15, -0.1) is 11.3 Å². The van der Waals surface area contributed by atoms with Crippen LogP contribution in [0.25, 0.3) is 0 Å². The van der Waals surface area contributed by atoms with Crippen LogP contribution < -0.4 is 10.1 Å². The molecule has 4 heteroatoms. The minimum atomic E-state index is -0.367. The first-order chi connectivity index (χ1) is 8.25. The number of ether oxygens (including phenoxy) is 1. The molecule has 0 saturated carbocycles. The number of hydrogen-bond acceptors (Lipinski definition) is 4. The zero-order chi connectivity index (χ0) is 12.1. The molecule has 0 fully saturated rings. The van der Waals surface area contributed by atoms with Gasteiger partial charge in [0.25, 0.3) is 0 Å². The van der Waals surface area contributed by atoms with Gasteiger partial charge in [-0.1, -0.05) is 18.2 Å². The Labute approximate surface area is 104 Å². The largest absolute Gasteiger partial charge is 0.425 e. The van der Waals surface area contributed by atoms with Crippen molar-refractivity contribution in [1.29, 1.82) is 0 Å². The molecule has 0 bridgehead atoms. The first-order valence-electron chi connectivity index (χ1n) is 5.32. The van der Waals surface area contributed by atoms with E-state index in [1.54, 1.807) is 30.4 Å². The monoisotopic (exact) mass is 247 g/mol. The van der Waals surface area contributed by atoms with Crippen LogP contribution in [0.1, 0.15) is 6.92 Å². The van der Waals surface area contributed by atoms with Crippen LogP contribution in [0.3, 0.4) is 0 Å². The van der Waals surface area contributed by atoms with Crippen LogP contribution in [0.15, 0.2) is 47.8 Å². The molecule has 0 radical (unpaired) electrons. The highest BCUT2D eigenvalue weighted by Crippen LogP contribution is 2.17. The summed E-state index contributed by atoms with van der Waals surface area (Å²) in [4.78, 5) is 11.8. The Morgan fingerprint density at radius 3 is 2.65 bits per heavy atom. The molecule has 1 unspecified atom stereocenters. The van der Waals surface area contributed by atoms with Crippen LogP contribution in [-0.2, 0) is 4.79 Å². The molecule has 0 aliphatic rings. The van der Waals surface area contributed by atoms with E-state index in [2.05, 4.69) is 5.32 Å². The van der Waals surface area contributed by atoms with E-state index < -0.39 is 0 Å². The fraction of sp³-hybridized carbons (Fsp3) is 0.154. The summed E-state index contributed by atoms with van der Waals surface area (Å²) in [6, 6.07) is 12.6. The van der Waals surface area contributed by atoms with E-state index in [0.717, 1.165) is 5.00 Å². The number of carbonyl (C=O) groups excluding carboxylic acids is 1. The predicted molar refractivity (Wildman–Crippen MR) is 69.5 cm³/mol. The first kappa shape index (κ1) is 11.7. The van der Waals surface area contributed by atoms with Gasteiger partial charge in [0.2, 0.25) is 0 Å². The van der Waals surface area contributed by atoms with Crippen molar-refractivity contribution in [3.63, 3.8) is 0 Å². The van der Waals surface area contributed by atoms with Gasteiger partial charge in [0.05, 0.1) is 5.00 Å². The summed E-state index contributed by atoms with van der Waals surface area (Å²) in [5, 5.41) is 6.00. The predicted octanol–water partition coefficient (Wildman–Crippen LogP) is 3.15. The minimum absolute atomic E-state index is 0.287. The highest BCUT2D eigenvalue weighted by Gasteiger charge is 2.15. The topological polar surface area (TPSA) is 38.3 Å². The molecule has 2 aromatic rings. The molecule has 3 nitrogen and oxygen atoms in total. The number of benzene rings is 1. The highest BCUT2D eigenvalue weighted by atomic mass is 32.1. The average molecular weight is 247 g/mol. The Bertz CT molecular complexity index is 467. The van der Waals surface area contributed by atoms with Crippen molar-refractivity contribution in [2.24, 2.45) is 0 Å². The summed E-state index contributed by atoms with van der Waals surface area (Å²) in [6.07, 6.45) is 0. The number of nitrogens with one attached hydrogen (secondary N) is 1. The van der Waals surface area contributed by atoms with Crippen molar-refractivity contribution >= 4 is 22.3 Å². The standard InChI is InChI=1S/C13H13NO2S/c1-10(14-12-8-5-9-17-12)13(15)16-11-6-3-2-4-7-11/h2-10,14H,1H3. The van der Waals surface area contributed by atoms with Crippen LogP contribution in [0.4, 0.5) is 5.00 Å². The molecule has 1 atom stereocenters. The summed E-state index contributed by atoms with van der Waals surface area (Å²) >= 11 is 1.56. The molecule has 1 aromatic carbocycles. The summed E-state index contributed by atoms with van der Waals surface area (Å²) < 4.78 is 5.23. The molecule has 17 heavy (non-hydrogen) atoms. The van der Waals surface area contributed by atoms with E-state index in [1.807, 2.05) is 35.7 Å². The Balaban J connectivity index is 1.92. The number of esters is 1. The Kier molecular flexibility index (Phi) is 3.77. The Morgan fingerprint density at radius 1 is 1.24 bits per heavy atom. The van der Waals surface area contributed by atoms with E-state index in [-0.39, 0.29) is 12.0 Å².